The second kappa shape index (κ2) is 6.57. The Labute approximate surface area is 120 Å². The van der Waals surface area contributed by atoms with E-state index in [1.54, 1.807) is 0 Å². The van der Waals surface area contributed by atoms with E-state index in [1.807, 2.05) is 18.7 Å². The highest BCUT2D eigenvalue weighted by molar-refractivity contribution is 5.82. The van der Waals surface area contributed by atoms with Crippen LogP contribution in [0.2, 0.25) is 0 Å². The van der Waals surface area contributed by atoms with Crippen molar-refractivity contribution in [3.63, 3.8) is 0 Å². The maximum absolute atomic E-state index is 12.2. The molecule has 0 aromatic heterocycles. The van der Waals surface area contributed by atoms with Crippen LogP contribution in [-0.4, -0.2) is 47.6 Å². The Bertz CT molecular complexity index is 358. The Balaban J connectivity index is 1.77. The Morgan fingerprint density at radius 2 is 1.75 bits per heavy atom. The summed E-state index contributed by atoms with van der Waals surface area (Å²) in [6, 6.07) is -0.173. The molecule has 0 aromatic carbocycles. The summed E-state index contributed by atoms with van der Waals surface area (Å²) in [6.07, 6.45) is 3.54. The number of aliphatic hydroxyl groups excluding tert-OH is 1. The fourth-order valence-electron chi connectivity index (χ4n) is 2.67. The van der Waals surface area contributed by atoms with Crippen molar-refractivity contribution in [3.05, 3.63) is 0 Å². The van der Waals surface area contributed by atoms with Crippen LogP contribution in [0, 0.1) is 17.8 Å². The first-order valence-electron chi connectivity index (χ1n) is 7.73. The van der Waals surface area contributed by atoms with E-state index >= 15 is 0 Å². The standard InChI is InChI=1S/C15H26N2O3/c1-10(2)13(9-18)16-14(19)11-5-7-17(8-6-11)15(20)12-3-4-12/h10-13,18H,3-9H2,1-2H3,(H,16,19). The predicted octanol–water partition coefficient (Wildman–Crippen LogP) is 0.768. The van der Waals surface area contributed by atoms with Gasteiger partial charge in [0.05, 0.1) is 12.6 Å². The third-order valence-corrected chi connectivity index (χ3v) is 4.43. The fraction of sp³-hybridized carbons (Fsp3) is 0.867. The average molecular weight is 282 g/mol. The van der Waals surface area contributed by atoms with Crippen LogP contribution >= 0.6 is 0 Å². The normalized spacial score (nSPS) is 21.9. The van der Waals surface area contributed by atoms with Gasteiger partial charge in [0.25, 0.3) is 0 Å². The molecule has 1 unspecified atom stereocenters. The Morgan fingerprint density at radius 3 is 2.20 bits per heavy atom. The highest BCUT2D eigenvalue weighted by atomic mass is 16.3. The van der Waals surface area contributed by atoms with Crippen LogP contribution in [0.5, 0.6) is 0 Å². The van der Waals surface area contributed by atoms with Crippen LogP contribution in [-0.2, 0) is 9.59 Å². The number of amides is 2. The van der Waals surface area contributed by atoms with E-state index in [2.05, 4.69) is 5.32 Å². The second-order valence-corrected chi connectivity index (χ2v) is 6.42. The van der Waals surface area contributed by atoms with E-state index in [4.69, 9.17) is 0 Å². The number of nitrogens with zero attached hydrogens (tertiary/aromatic N) is 1. The van der Waals surface area contributed by atoms with E-state index in [1.165, 1.54) is 0 Å². The minimum Gasteiger partial charge on any atom is -0.394 e. The molecule has 114 valence electrons. The molecule has 2 N–H and O–H groups in total. The van der Waals surface area contributed by atoms with Gasteiger partial charge >= 0.3 is 0 Å². The van der Waals surface area contributed by atoms with Crippen molar-refractivity contribution in [2.75, 3.05) is 19.7 Å². The van der Waals surface area contributed by atoms with Crippen LogP contribution < -0.4 is 5.32 Å². The highest BCUT2D eigenvalue weighted by Gasteiger charge is 2.36. The lowest BCUT2D eigenvalue weighted by Gasteiger charge is -2.32. The van der Waals surface area contributed by atoms with Gasteiger partial charge in [0.15, 0.2) is 0 Å². The van der Waals surface area contributed by atoms with Crippen molar-refractivity contribution in [1.29, 1.82) is 0 Å². The minimum atomic E-state index is -0.173. The molecule has 1 saturated heterocycles. The number of nitrogens with one attached hydrogen (secondary N) is 1. The Hall–Kier alpha value is -1.10. The highest BCUT2D eigenvalue weighted by Crippen LogP contribution is 2.32. The molecule has 0 radical (unpaired) electrons. The minimum absolute atomic E-state index is 0.0222. The fourth-order valence-corrected chi connectivity index (χ4v) is 2.67. The summed E-state index contributed by atoms with van der Waals surface area (Å²) in [4.78, 5) is 26.0. The molecule has 2 fully saturated rings. The van der Waals surface area contributed by atoms with Crippen LogP contribution in [0.3, 0.4) is 0 Å². The zero-order valence-corrected chi connectivity index (χ0v) is 12.5. The molecule has 1 atom stereocenters. The maximum atomic E-state index is 12.2. The van der Waals surface area contributed by atoms with Crippen molar-refractivity contribution in [3.8, 4) is 0 Å². The van der Waals surface area contributed by atoms with Gasteiger partial charge in [-0.15, -0.1) is 0 Å². The van der Waals surface area contributed by atoms with E-state index in [9.17, 15) is 14.7 Å². The molecule has 20 heavy (non-hydrogen) atoms. The average Bonchev–Trinajstić information content (AvgIpc) is 3.28. The molecule has 1 aliphatic carbocycles. The lowest BCUT2D eigenvalue weighted by molar-refractivity contribution is -0.137. The van der Waals surface area contributed by atoms with Gasteiger partial charge in [0, 0.05) is 24.9 Å². The quantitative estimate of drug-likeness (QED) is 0.782. The molecule has 1 saturated carbocycles. The molecule has 0 bridgehead atoms. The smallest absolute Gasteiger partial charge is 0.225 e. The van der Waals surface area contributed by atoms with Crippen molar-refractivity contribution in [2.24, 2.45) is 17.8 Å². The topological polar surface area (TPSA) is 69.6 Å². The van der Waals surface area contributed by atoms with Crippen LogP contribution in [0.25, 0.3) is 0 Å². The molecular formula is C15H26N2O3. The van der Waals surface area contributed by atoms with Gasteiger partial charge in [-0.2, -0.15) is 0 Å². The first-order chi connectivity index (χ1) is 9.52. The summed E-state index contributed by atoms with van der Waals surface area (Å²) < 4.78 is 0. The number of carbonyl (C=O) groups excluding carboxylic acids is 2. The number of hydrogen-bond acceptors (Lipinski definition) is 3. The Morgan fingerprint density at radius 1 is 1.15 bits per heavy atom. The van der Waals surface area contributed by atoms with Crippen molar-refractivity contribution < 1.29 is 14.7 Å². The summed E-state index contributed by atoms with van der Waals surface area (Å²) in [5.41, 5.74) is 0. The summed E-state index contributed by atoms with van der Waals surface area (Å²) in [7, 11) is 0. The van der Waals surface area contributed by atoms with Crippen LogP contribution in [0.1, 0.15) is 39.5 Å². The van der Waals surface area contributed by atoms with E-state index in [0.29, 0.717) is 13.1 Å². The third-order valence-electron chi connectivity index (χ3n) is 4.43. The molecule has 2 aliphatic rings. The predicted molar refractivity (Wildman–Crippen MR) is 75.9 cm³/mol. The third kappa shape index (κ3) is 3.72. The van der Waals surface area contributed by atoms with Crippen molar-refractivity contribution in [2.45, 2.75) is 45.6 Å². The van der Waals surface area contributed by atoms with Crippen LogP contribution in [0.4, 0.5) is 0 Å². The summed E-state index contributed by atoms with van der Waals surface area (Å²) >= 11 is 0. The first-order valence-corrected chi connectivity index (χ1v) is 7.73. The zero-order valence-electron chi connectivity index (χ0n) is 12.5. The van der Waals surface area contributed by atoms with E-state index in [0.717, 1.165) is 25.7 Å². The summed E-state index contributed by atoms with van der Waals surface area (Å²) in [5.74, 6) is 0.766. The number of piperidine rings is 1. The van der Waals surface area contributed by atoms with Crippen LogP contribution in [0.15, 0.2) is 0 Å². The monoisotopic (exact) mass is 282 g/mol. The van der Waals surface area contributed by atoms with E-state index < -0.39 is 0 Å². The zero-order chi connectivity index (χ0) is 14.7. The molecule has 1 aliphatic heterocycles. The second-order valence-electron chi connectivity index (χ2n) is 6.42. The van der Waals surface area contributed by atoms with Gasteiger partial charge in [-0.3, -0.25) is 9.59 Å². The van der Waals surface area contributed by atoms with Gasteiger partial charge in [0.1, 0.15) is 0 Å². The lowest BCUT2D eigenvalue weighted by Crippen LogP contribution is -2.48. The number of hydrogen-bond donors (Lipinski definition) is 2. The van der Waals surface area contributed by atoms with Gasteiger partial charge < -0.3 is 15.3 Å². The van der Waals surface area contributed by atoms with Gasteiger partial charge in [-0.25, -0.2) is 0 Å². The number of rotatable bonds is 5. The lowest BCUT2D eigenvalue weighted by atomic mass is 9.94. The summed E-state index contributed by atoms with van der Waals surface area (Å²) in [6.45, 7) is 5.33. The number of aliphatic hydroxyl groups is 1. The van der Waals surface area contributed by atoms with Gasteiger partial charge in [-0.1, -0.05) is 13.8 Å². The van der Waals surface area contributed by atoms with E-state index in [-0.39, 0.29) is 42.2 Å². The Kier molecular flexibility index (Phi) is 5.02. The molecule has 2 amide bonds. The van der Waals surface area contributed by atoms with Gasteiger partial charge in [0.2, 0.25) is 11.8 Å². The maximum Gasteiger partial charge on any atom is 0.225 e. The molecule has 0 aromatic rings. The SMILES string of the molecule is CC(C)C(CO)NC(=O)C1CCN(C(=O)C2CC2)CC1. The number of carbonyl (C=O) groups is 2. The van der Waals surface area contributed by atoms with Crippen molar-refractivity contribution in [1.82, 2.24) is 10.2 Å². The number of likely N-dealkylation sites (tertiary alicyclic amines) is 1. The molecule has 1 heterocycles. The molecular weight excluding hydrogens is 256 g/mol. The summed E-state index contributed by atoms with van der Waals surface area (Å²) in [5, 5.41) is 12.2. The molecule has 2 rings (SSSR count). The molecule has 5 heteroatoms. The first kappa shape index (κ1) is 15.3. The molecule has 5 nitrogen and oxygen atoms in total. The van der Waals surface area contributed by atoms with Gasteiger partial charge in [-0.05, 0) is 31.6 Å². The largest absolute Gasteiger partial charge is 0.394 e. The molecule has 0 spiro atoms. The van der Waals surface area contributed by atoms with Crippen molar-refractivity contribution >= 4 is 11.8 Å².